The van der Waals surface area contributed by atoms with Gasteiger partial charge in [0, 0.05) is 6.20 Å². The Bertz CT molecular complexity index is 352. The average Bonchev–Trinajstić information content (AvgIpc) is 2.35. The molecule has 3 N–H and O–H groups in total. The number of carbonyl (C=O) groups is 1. The molecule has 1 rings (SSSR count). The molecule has 16 heavy (non-hydrogen) atoms. The Hall–Kier alpha value is -1.42. The van der Waals surface area contributed by atoms with Gasteiger partial charge in [-0.05, 0) is 24.5 Å². The third-order valence-electron chi connectivity index (χ3n) is 2.57. The lowest BCUT2D eigenvalue weighted by Crippen LogP contribution is -2.39. The number of carbonyl (C=O) groups excluding carboxylic acids is 1. The summed E-state index contributed by atoms with van der Waals surface area (Å²) in [5.74, 6) is -0.116. The van der Waals surface area contributed by atoms with E-state index in [-0.39, 0.29) is 5.91 Å². The molecule has 0 aromatic carbocycles. The molecule has 0 saturated heterocycles. The molecule has 0 bridgehead atoms. The van der Waals surface area contributed by atoms with E-state index in [0.29, 0.717) is 13.0 Å². The zero-order valence-electron chi connectivity index (χ0n) is 9.86. The van der Waals surface area contributed by atoms with Crippen LogP contribution < -0.4 is 11.1 Å². The lowest BCUT2D eigenvalue weighted by molar-refractivity contribution is -0.122. The first kappa shape index (κ1) is 12.6. The third kappa shape index (κ3) is 3.31. The number of aryl methyl sites for hydroxylation is 1. The maximum absolute atomic E-state index is 11.5. The predicted octanol–water partition coefficient (Wildman–Crippen LogP) is 0.997. The van der Waals surface area contributed by atoms with Crippen LogP contribution in [0, 0.1) is 0 Å². The second-order valence-electron chi connectivity index (χ2n) is 3.70. The molecule has 0 radical (unpaired) electrons. The second kappa shape index (κ2) is 6.23. The summed E-state index contributed by atoms with van der Waals surface area (Å²) in [6, 6.07) is 3.50. The van der Waals surface area contributed by atoms with Gasteiger partial charge in [0.25, 0.3) is 0 Å². The fourth-order valence-corrected chi connectivity index (χ4v) is 1.44. The first-order valence-corrected chi connectivity index (χ1v) is 5.65. The van der Waals surface area contributed by atoms with E-state index in [2.05, 4.69) is 17.2 Å². The number of hydrogen-bond acceptors (Lipinski definition) is 3. The van der Waals surface area contributed by atoms with Crippen LogP contribution >= 0.6 is 0 Å². The van der Waals surface area contributed by atoms with Crippen LogP contribution in [0.1, 0.15) is 31.5 Å². The summed E-state index contributed by atoms with van der Waals surface area (Å²) in [5.41, 5.74) is 7.70. The molecule has 0 aliphatic carbocycles. The molecule has 1 atom stereocenters. The number of rotatable bonds is 5. The van der Waals surface area contributed by atoms with E-state index in [9.17, 15) is 4.79 Å². The van der Waals surface area contributed by atoms with Gasteiger partial charge in [0.2, 0.25) is 5.91 Å². The molecule has 1 amide bonds. The van der Waals surface area contributed by atoms with E-state index < -0.39 is 6.04 Å². The lowest BCUT2D eigenvalue weighted by Gasteiger charge is -2.11. The Kier molecular flexibility index (Phi) is 4.92. The van der Waals surface area contributed by atoms with Crippen molar-refractivity contribution in [3.05, 3.63) is 29.6 Å². The van der Waals surface area contributed by atoms with Crippen molar-refractivity contribution >= 4 is 5.91 Å². The van der Waals surface area contributed by atoms with Gasteiger partial charge in [0.1, 0.15) is 0 Å². The van der Waals surface area contributed by atoms with Crippen LogP contribution in [0.4, 0.5) is 0 Å². The minimum Gasteiger partial charge on any atom is -0.349 e. The van der Waals surface area contributed by atoms with Gasteiger partial charge in [-0.25, -0.2) is 0 Å². The Morgan fingerprint density at radius 1 is 1.56 bits per heavy atom. The van der Waals surface area contributed by atoms with Crippen LogP contribution in [0.2, 0.25) is 0 Å². The average molecular weight is 221 g/mol. The van der Waals surface area contributed by atoms with Crippen molar-refractivity contribution < 1.29 is 4.79 Å². The number of nitrogens with two attached hydrogens (primary N) is 1. The maximum atomic E-state index is 11.5. The van der Waals surface area contributed by atoms with Gasteiger partial charge in [-0.1, -0.05) is 19.9 Å². The van der Waals surface area contributed by atoms with Gasteiger partial charge in [-0.2, -0.15) is 0 Å². The van der Waals surface area contributed by atoms with Crippen molar-refractivity contribution in [1.82, 2.24) is 10.3 Å². The zero-order chi connectivity index (χ0) is 12.0. The van der Waals surface area contributed by atoms with Crippen LogP contribution in [0.5, 0.6) is 0 Å². The lowest BCUT2D eigenvalue weighted by atomic mass is 10.1. The molecule has 0 aliphatic rings. The molecule has 1 heterocycles. The summed E-state index contributed by atoms with van der Waals surface area (Å²) in [4.78, 5) is 15.7. The van der Waals surface area contributed by atoms with Crippen LogP contribution in [-0.4, -0.2) is 16.9 Å². The first-order chi connectivity index (χ1) is 7.69. The monoisotopic (exact) mass is 221 g/mol. The Labute approximate surface area is 96.3 Å². The summed E-state index contributed by atoms with van der Waals surface area (Å²) in [7, 11) is 0. The number of amides is 1. The van der Waals surface area contributed by atoms with Crippen molar-refractivity contribution in [2.24, 2.45) is 5.73 Å². The van der Waals surface area contributed by atoms with Crippen molar-refractivity contribution in [3.8, 4) is 0 Å². The molecule has 0 fully saturated rings. The van der Waals surface area contributed by atoms with Gasteiger partial charge < -0.3 is 11.1 Å². The molecule has 1 aromatic heterocycles. The minimum atomic E-state index is -0.422. The maximum Gasteiger partial charge on any atom is 0.237 e. The van der Waals surface area contributed by atoms with Crippen LogP contribution in [-0.2, 0) is 17.8 Å². The second-order valence-corrected chi connectivity index (χ2v) is 3.70. The zero-order valence-corrected chi connectivity index (χ0v) is 9.86. The molecule has 0 saturated carbocycles. The molecule has 1 unspecified atom stereocenters. The topological polar surface area (TPSA) is 68.0 Å². The summed E-state index contributed by atoms with van der Waals surface area (Å²) in [5, 5.41) is 2.80. The highest BCUT2D eigenvalue weighted by Gasteiger charge is 2.11. The normalized spacial score (nSPS) is 12.2. The van der Waals surface area contributed by atoms with Gasteiger partial charge in [-0.3, -0.25) is 9.78 Å². The fraction of sp³-hybridized carbons (Fsp3) is 0.500. The molecule has 0 spiro atoms. The molecular weight excluding hydrogens is 202 g/mol. The van der Waals surface area contributed by atoms with Gasteiger partial charge >= 0.3 is 0 Å². The number of pyridine rings is 1. The first-order valence-electron chi connectivity index (χ1n) is 5.65. The van der Waals surface area contributed by atoms with Gasteiger partial charge in [-0.15, -0.1) is 0 Å². The van der Waals surface area contributed by atoms with Crippen LogP contribution in [0.3, 0.4) is 0 Å². The van der Waals surface area contributed by atoms with Crippen molar-refractivity contribution in [1.29, 1.82) is 0 Å². The highest BCUT2D eigenvalue weighted by Crippen LogP contribution is 2.05. The number of nitrogens with one attached hydrogen (secondary N) is 1. The van der Waals surface area contributed by atoms with E-state index in [1.165, 1.54) is 0 Å². The minimum absolute atomic E-state index is 0.116. The van der Waals surface area contributed by atoms with E-state index in [1.54, 1.807) is 6.20 Å². The summed E-state index contributed by atoms with van der Waals surface area (Å²) in [6.07, 6.45) is 3.30. The van der Waals surface area contributed by atoms with E-state index in [0.717, 1.165) is 17.7 Å². The van der Waals surface area contributed by atoms with Crippen LogP contribution in [0.15, 0.2) is 18.3 Å². The van der Waals surface area contributed by atoms with E-state index in [4.69, 9.17) is 5.73 Å². The summed E-state index contributed by atoms with van der Waals surface area (Å²) >= 11 is 0. The quantitative estimate of drug-likeness (QED) is 0.779. The van der Waals surface area contributed by atoms with Crippen molar-refractivity contribution in [3.63, 3.8) is 0 Å². The highest BCUT2D eigenvalue weighted by molar-refractivity contribution is 5.81. The standard InChI is InChI=1S/C12H19N3O/c1-3-9-6-5-7-14-11(9)8-15-12(16)10(13)4-2/h5-7,10H,3-4,8,13H2,1-2H3,(H,15,16). The third-order valence-corrected chi connectivity index (χ3v) is 2.57. The fourth-order valence-electron chi connectivity index (χ4n) is 1.44. The Morgan fingerprint density at radius 2 is 2.31 bits per heavy atom. The van der Waals surface area contributed by atoms with Gasteiger partial charge in [0.05, 0.1) is 18.3 Å². The molecule has 4 heteroatoms. The molecular formula is C12H19N3O. The smallest absolute Gasteiger partial charge is 0.237 e. The van der Waals surface area contributed by atoms with Gasteiger partial charge in [0.15, 0.2) is 0 Å². The molecule has 88 valence electrons. The van der Waals surface area contributed by atoms with Crippen LogP contribution in [0.25, 0.3) is 0 Å². The predicted molar refractivity (Wildman–Crippen MR) is 63.7 cm³/mol. The largest absolute Gasteiger partial charge is 0.349 e. The van der Waals surface area contributed by atoms with E-state index >= 15 is 0 Å². The Balaban J connectivity index is 2.57. The molecule has 0 aliphatic heterocycles. The number of aromatic nitrogens is 1. The number of nitrogens with zero attached hydrogens (tertiary/aromatic N) is 1. The van der Waals surface area contributed by atoms with Crippen molar-refractivity contribution in [2.75, 3.05) is 0 Å². The molecule has 1 aromatic rings. The number of hydrogen-bond donors (Lipinski definition) is 2. The summed E-state index contributed by atoms with van der Waals surface area (Å²) in [6.45, 7) is 4.42. The highest BCUT2D eigenvalue weighted by atomic mass is 16.2. The Morgan fingerprint density at radius 3 is 2.94 bits per heavy atom. The molecule has 4 nitrogen and oxygen atoms in total. The van der Waals surface area contributed by atoms with Crippen molar-refractivity contribution in [2.45, 2.75) is 39.3 Å². The summed E-state index contributed by atoms with van der Waals surface area (Å²) < 4.78 is 0. The SMILES string of the molecule is CCc1cccnc1CNC(=O)C(N)CC. The van der Waals surface area contributed by atoms with E-state index in [1.807, 2.05) is 19.1 Å².